The number of unbranched alkanes of at least 4 members (excludes halogenated alkanes) is 15. The van der Waals surface area contributed by atoms with Gasteiger partial charge in [-0.15, -0.1) is 0 Å². The molecular weight excluding hydrogens is 302 g/mol. The first-order valence-electron chi connectivity index (χ1n) is 11.8. The zero-order chi connectivity index (χ0) is 19.2. The first-order valence-corrected chi connectivity index (χ1v) is 11.8. The normalized spacial score (nSPS) is 11.3. The average molecular weight is 357 g/mol. The predicted molar refractivity (Wildman–Crippen MR) is 118 cm³/mol. The van der Waals surface area contributed by atoms with Gasteiger partial charge in [0.05, 0.1) is 27.7 Å². The number of nitrogens with zero attached hydrogens (tertiary/aromatic N) is 1. The summed E-state index contributed by atoms with van der Waals surface area (Å²) in [6.07, 6.45) is 24.4. The first-order chi connectivity index (χ1) is 12.0. The Kier molecular flexibility index (Phi) is 23.9. The summed E-state index contributed by atoms with van der Waals surface area (Å²) >= 11 is 0. The molecule has 0 fully saturated rings. The Morgan fingerprint density at radius 1 is 0.360 bits per heavy atom. The molecule has 0 aromatic rings. The van der Waals surface area contributed by atoms with E-state index in [4.69, 9.17) is 0 Å². The van der Waals surface area contributed by atoms with Crippen LogP contribution in [-0.2, 0) is 0 Å². The van der Waals surface area contributed by atoms with E-state index >= 15 is 0 Å². The first kappa shape index (κ1) is 27.2. The molecule has 0 N–H and O–H groups in total. The largest absolute Gasteiger partial charge is 0.331 e. The van der Waals surface area contributed by atoms with Crippen molar-refractivity contribution in [2.24, 2.45) is 0 Å². The van der Waals surface area contributed by atoms with Crippen molar-refractivity contribution in [2.75, 3.05) is 27.7 Å². The number of hydrogen-bond acceptors (Lipinski definition) is 0. The molecule has 1 nitrogen and oxygen atoms in total. The van der Waals surface area contributed by atoms with Crippen LogP contribution in [0.2, 0.25) is 0 Å². The Hall–Kier alpha value is -0.0400. The molecule has 0 rings (SSSR count). The van der Waals surface area contributed by atoms with Gasteiger partial charge in [-0.3, -0.25) is 0 Å². The molecule has 0 spiro atoms. The summed E-state index contributed by atoms with van der Waals surface area (Å²) in [7, 11) is 6.88. The quantitative estimate of drug-likeness (QED) is 0.181. The Bertz CT molecular complexity index is 215. The second-order valence-corrected chi connectivity index (χ2v) is 8.96. The summed E-state index contributed by atoms with van der Waals surface area (Å²) in [5, 5.41) is 0. The van der Waals surface area contributed by atoms with Crippen molar-refractivity contribution < 1.29 is 4.48 Å². The van der Waals surface area contributed by atoms with E-state index in [0.717, 1.165) is 4.48 Å². The highest BCUT2D eigenvalue weighted by Crippen LogP contribution is 2.13. The SMILES string of the molecule is CCCCC.CCCCCCCCCCCCCCCC[N+](C)(C)C. The standard InChI is InChI=1S/C19H42N.C5H12/c1-5-6-7-8-9-10-11-12-13-14-15-16-17-18-19-20(2,3)4;1-3-5-4-2/h5-19H2,1-4H3;3-5H2,1-2H3/q+1;. The van der Waals surface area contributed by atoms with Crippen molar-refractivity contribution >= 4 is 0 Å². The second-order valence-electron chi connectivity index (χ2n) is 8.96. The second kappa shape index (κ2) is 22.0. The highest BCUT2D eigenvalue weighted by atomic mass is 15.3. The maximum Gasteiger partial charge on any atom is 0.0780 e. The van der Waals surface area contributed by atoms with Gasteiger partial charge in [-0.05, 0) is 12.8 Å². The van der Waals surface area contributed by atoms with Crippen molar-refractivity contribution in [2.45, 2.75) is 130 Å². The maximum atomic E-state index is 2.29. The predicted octanol–water partition coefficient (Wildman–Crippen LogP) is 8.37. The molecule has 0 aromatic heterocycles. The van der Waals surface area contributed by atoms with E-state index in [1.165, 1.54) is 116 Å². The van der Waals surface area contributed by atoms with Gasteiger partial charge in [-0.1, -0.05) is 117 Å². The smallest absolute Gasteiger partial charge is 0.0780 e. The fraction of sp³-hybridized carbons (Fsp3) is 1.00. The molecule has 0 atom stereocenters. The Morgan fingerprint density at radius 2 is 0.640 bits per heavy atom. The lowest BCUT2D eigenvalue weighted by atomic mass is 10.0. The lowest BCUT2D eigenvalue weighted by Gasteiger charge is -2.23. The van der Waals surface area contributed by atoms with Gasteiger partial charge in [0, 0.05) is 0 Å². The zero-order valence-electron chi connectivity index (χ0n) is 19.2. The van der Waals surface area contributed by atoms with Crippen LogP contribution in [0.3, 0.4) is 0 Å². The van der Waals surface area contributed by atoms with E-state index in [1.807, 2.05) is 0 Å². The molecule has 25 heavy (non-hydrogen) atoms. The summed E-state index contributed by atoms with van der Waals surface area (Å²) < 4.78 is 1.12. The van der Waals surface area contributed by atoms with Crippen LogP contribution in [0.5, 0.6) is 0 Å². The molecule has 0 saturated heterocycles. The summed E-state index contributed by atoms with van der Waals surface area (Å²) in [6.45, 7) is 8.05. The molecule has 0 saturated carbocycles. The van der Waals surface area contributed by atoms with E-state index in [2.05, 4.69) is 41.9 Å². The van der Waals surface area contributed by atoms with Gasteiger partial charge in [0.2, 0.25) is 0 Å². The van der Waals surface area contributed by atoms with Gasteiger partial charge in [0.15, 0.2) is 0 Å². The highest BCUT2D eigenvalue weighted by Gasteiger charge is 2.04. The van der Waals surface area contributed by atoms with E-state index in [9.17, 15) is 0 Å². The van der Waals surface area contributed by atoms with Gasteiger partial charge in [0.25, 0.3) is 0 Å². The molecule has 0 bridgehead atoms. The fourth-order valence-corrected chi connectivity index (χ4v) is 3.13. The lowest BCUT2D eigenvalue weighted by molar-refractivity contribution is -0.870. The zero-order valence-corrected chi connectivity index (χ0v) is 19.2. The van der Waals surface area contributed by atoms with Crippen LogP contribution >= 0.6 is 0 Å². The molecule has 0 aliphatic rings. The minimum Gasteiger partial charge on any atom is -0.331 e. The number of quaternary nitrogens is 1. The third-order valence-electron chi connectivity index (χ3n) is 4.89. The molecule has 0 amide bonds. The number of hydrogen-bond donors (Lipinski definition) is 0. The van der Waals surface area contributed by atoms with Gasteiger partial charge >= 0.3 is 0 Å². The van der Waals surface area contributed by atoms with Crippen molar-refractivity contribution in [1.29, 1.82) is 0 Å². The Morgan fingerprint density at radius 3 is 0.880 bits per heavy atom. The highest BCUT2D eigenvalue weighted by molar-refractivity contribution is 4.49. The van der Waals surface area contributed by atoms with E-state index in [1.54, 1.807) is 0 Å². The minimum atomic E-state index is 1.12. The Labute approximate surface area is 162 Å². The van der Waals surface area contributed by atoms with E-state index in [-0.39, 0.29) is 0 Å². The molecule has 0 aliphatic carbocycles. The third-order valence-corrected chi connectivity index (χ3v) is 4.89. The van der Waals surface area contributed by atoms with Crippen LogP contribution in [0.15, 0.2) is 0 Å². The monoisotopic (exact) mass is 356 g/mol. The summed E-state index contributed by atoms with van der Waals surface area (Å²) in [5.41, 5.74) is 0. The number of rotatable bonds is 17. The molecule has 0 heterocycles. The third kappa shape index (κ3) is 32.1. The van der Waals surface area contributed by atoms with E-state index < -0.39 is 0 Å². The van der Waals surface area contributed by atoms with E-state index in [0.29, 0.717) is 0 Å². The van der Waals surface area contributed by atoms with Crippen molar-refractivity contribution in [3.8, 4) is 0 Å². The van der Waals surface area contributed by atoms with Crippen LogP contribution in [0.25, 0.3) is 0 Å². The molecule has 0 aromatic carbocycles. The average Bonchev–Trinajstić information content (AvgIpc) is 2.55. The Balaban J connectivity index is 0. The van der Waals surface area contributed by atoms with Crippen molar-refractivity contribution in [1.82, 2.24) is 0 Å². The molecule has 0 radical (unpaired) electrons. The van der Waals surface area contributed by atoms with Crippen LogP contribution in [0.1, 0.15) is 130 Å². The molecule has 0 aliphatic heterocycles. The minimum absolute atomic E-state index is 1.12. The molecule has 154 valence electrons. The molecule has 0 unspecified atom stereocenters. The van der Waals surface area contributed by atoms with Gasteiger partial charge in [0.1, 0.15) is 0 Å². The van der Waals surface area contributed by atoms with Crippen molar-refractivity contribution in [3.63, 3.8) is 0 Å². The fourth-order valence-electron chi connectivity index (χ4n) is 3.13. The summed E-state index contributed by atoms with van der Waals surface area (Å²) in [4.78, 5) is 0. The van der Waals surface area contributed by atoms with Crippen LogP contribution in [0, 0.1) is 0 Å². The maximum absolute atomic E-state index is 2.29. The molecular formula is C24H54N+. The molecule has 1 heteroatoms. The van der Waals surface area contributed by atoms with Crippen molar-refractivity contribution in [3.05, 3.63) is 0 Å². The summed E-state index contributed by atoms with van der Waals surface area (Å²) in [5.74, 6) is 0. The van der Waals surface area contributed by atoms with Crippen LogP contribution in [0.4, 0.5) is 0 Å². The van der Waals surface area contributed by atoms with Gasteiger partial charge in [-0.2, -0.15) is 0 Å². The van der Waals surface area contributed by atoms with Gasteiger partial charge in [-0.25, -0.2) is 0 Å². The topological polar surface area (TPSA) is 0 Å². The van der Waals surface area contributed by atoms with Crippen LogP contribution in [-0.4, -0.2) is 32.2 Å². The van der Waals surface area contributed by atoms with Gasteiger partial charge < -0.3 is 4.48 Å². The summed E-state index contributed by atoms with van der Waals surface area (Å²) in [6, 6.07) is 0. The van der Waals surface area contributed by atoms with Crippen LogP contribution < -0.4 is 0 Å². The lowest BCUT2D eigenvalue weighted by Crippen LogP contribution is -2.35.